The van der Waals surface area contributed by atoms with Gasteiger partial charge in [0.25, 0.3) is 11.8 Å². The van der Waals surface area contributed by atoms with E-state index in [-0.39, 0.29) is 47.0 Å². The first-order valence-corrected chi connectivity index (χ1v) is 27.1. The highest BCUT2D eigenvalue weighted by Gasteiger charge is 2.39. The first kappa shape index (κ1) is 51.7. The van der Waals surface area contributed by atoms with E-state index in [2.05, 4.69) is 49.2 Å². The van der Waals surface area contributed by atoms with Crippen LogP contribution in [0.5, 0.6) is 0 Å². The van der Waals surface area contributed by atoms with E-state index in [0.29, 0.717) is 41.6 Å². The fraction of sp³-hybridized carbons (Fsp3) is 0.519. The summed E-state index contributed by atoms with van der Waals surface area (Å²) in [5, 5.41) is 5.16. The molecular weight excluding hydrogens is 972 g/mol. The van der Waals surface area contributed by atoms with E-state index >= 15 is 0 Å². The Kier molecular flexibility index (Phi) is 15.6. The van der Waals surface area contributed by atoms with Crippen molar-refractivity contribution in [1.29, 1.82) is 0 Å². The molecule has 4 amide bonds. The van der Waals surface area contributed by atoms with Crippen LogP contribution in [0.15, 0.2) is 61.2 Å². The number of anilines is 5. The largest absolute Gasteiger partial charge is 0.384 e. The number of nitrogens with one attached hydrogen (secondary N) is 1. The molecule has 6 aromatic heterocycles. The highest BCUT2D eigenvalue weighted by Crippen LogP contribution is 2.36. The second-order valence-corrected chi connectivity index (χ2v) is 21.3. The van der Waals surface area contributed by atoms with Gasteiger partial charge in [-0.1, -0.05) is 38.5 Å². The molecule has 396 valence electrons. The van der Waals surface area contributed by atoms with Crippen LogP contribution in [0.1, 0.15) is 123 Å². The predicted octanol–water partition coefficient (Wildman–Crippen LogP) is 7.35. The lowest BCUT2D eigenvalue weighted by Gasteiger charge is -2.36. The maximum atomic E-state index is 13.0. The van der Waals surface area contributed by atoms with E-state index in [1.54, 1.807) is 68.8 Å². The fourth-order valence-corrected chi connectivity index (χ4v) is 12.0. The summed E-state index contributed by atoms with van der Waals surface area (Å²) in [6.45, 7) is 5.38. The maximum absolute atomic E-state index is 13.0. The topological polar surface area (TPSA) is 213 Å². The molecule has 6 fully saturated rings. The Labute approximate surface area is 442 Å². The summed E-state index contributed by atoms with van der Waals surface area (Å²) in [6, 6.07) is 11.8. The third-order valence-corrected chi connectivity index (χ3v) is 15.9. The summed E-state index contributed by atoms with van der Waals surface area (Å²) < 4.78 is 4.19. The second kappa shape index (κ2) is 22.6. The van der Waals surface area contributed by atoms with Gasteiger partial charge in [-0.3, -0.25) is 29.0 Å². The number of pyridine rings is 2. The van der Waals surface area contributed by atoms with Gasteiger partial charge in [0.1, 0.15) is 34.3 Å². The minimum absolute atomic E-state index is 0.00491. The smallest absolute Gasteiger partial charge is 0.270 e. The second-order valence-electron chi connectivity index (χ2n) is 21.0. The first-order valence-electron chi connectivity index (χ1n) is 26.7. The number of nitrogen functional groups attached to an aromatic ring is 1. The summed E-state index contributed by atoms with van der Waals surface area (Å²) in [5.74, 6) is 1.88. The molecule has 12 rings (SSSR count). The van der Waals surface area contributed by atoms with Gasteiger partial charge in [-0.2, -0.15) is 9.97 Å². The monoisotopic (exact) mass is 1040 g/mol. The minimum Gasteiger partial charge on any atom is -0.384 e. The van der Waals surface area contributed by atoms with E-state index in [9.17, 15) is 19.2 Å². The molecular formula is C54H69ClN16O4. The molecule has 0 bridgehead atoms. The summed E-state index contributed by atoms with van der Waals surface area (Å²) in [7, 11) is 7.09. The molecule has 4 aliphatic heterocycles. The third kappa shape index (κ3) is 11.0. The summed E-state index contributed by atoms with van der Waals surface area (Å²) in [5.41, 5.74) is 10.1. The molecule has 2 saturated carbocycles. The Hall–Kier alpha value is -6.77. The van der Waals surface area contributed by atoms with E-state index in [1.165, 1.54) is 25.7 Å². The molecule has 0 spiro atoms. The average molecular weight is 1040 g/mol. The van der Waals surface area contributed by atoms with Crippen molar-refractivity contribution in [3.63, 3.8) is 0 Å². The van der Waals surface area contributed by atoms with Gasteiger partial charge in [0.05, 0.1) is 35.9 Å². The number of carbonyl (C=O) groups is 4. The molecule has 2 atom stereocenters. The van der Waals surface area contributed by atoms with Gasteiger partial charge < -0.3 is 39.8 Å². The van der Waals surface area contributed by atoms with Crippen LogP contribution in [0.25, 0.3) is 22.1 Å². The van der Waals surface area contributed by atoms with Crippen molar-refractivity contribution >= 4 is 86.3 Å². The van der Waals surface area contributed by atoms with Crippen molar-refractivity contribution in [3.8, 4) is 0 Å². The van der Waals surface area contributed by atoms with Crippen molar-refractivity contribution in [1.82, 2.24) is 58.6 Å². The van der Waals surface area contributed by atoms with Crippen molar-refractivity contribution in [2.24, 2.45) is 0 Å². The predicted molar refractivity (Wildman–Crippen MR) is 290 cm³/mol. The molecule has 0 radical (unpaired) electrons. The highest BCUT2D eigenvalue weighted by atomic mass is 35.5. The molecule has 21 heteroatoms. The number of rotatable bonds is 8. The van der Waals surface area contributed by atoms with Crippen LogP contribution < -0.4 is 20.9 Å². The SMILES string of the molecule is CN(C)C(=O)c1cc2cnc(Cl)nc2n1C1CCCCC1.CN(C)C(=O)c1cc2cnc(Nc3ccc(N4CCN5CCCC5C4=O)cn3)nc2n1C1CCCCC1.Nc1ccc(N2CCN3CCCC3C2=O)cn1. The lowest BCUT2D eigenvalue weighted by atomic mass is 9.95. The van der Waals surface area contributed by atoms with Crippen molar-refractivity contribution < 1.29 is 19.2 Å². The highest BCUT2D eigenvalue weighted by molar-refractivity contribution is 6.28. The zero-order chi connectivity index (χ0) is 52.3. The molecule has 4 saturated heterocycles. The van der Waals surface area contributed by atoms with Gasteiger partial charge in [-0.05, 0) is 112 Å². The van der Waals surface area contributed by atoms with Crippen molar-refractivity contribution in [3.05, 3.63) is 77.9 Å². The van der Waals surface area contributed by atoms with Gasteiger partial charge in [-0.15, -0.1) is 0 Å². The van der Waals surface area contributed by atoms with Crippen molar-refractivity contribution in [2.75, 3.05) is 88.3 Å². The lowest BCUT2D eigenvalue weighted by Crippen LogP contribution is -2.54. The van der Waals surface area contributed by atoms with Crippen molar-refractivity contribution in [2.45, 2.75) is 114 Å². The summed E-state index contributed by atoms with van der Waals surface area (Å²) >= 11 is 5.95. The fourth-order valence-electron chi connectivity index (χ4n) is 11.8. The number of nitrogens with zero attached hydrogens (tertiary/aromatic N) is 14. The van der Waals surface area contributed by atoms with E-state index < -0.39 is 0 Å². The minimum atomic E-state index is -0.0247. The number of amides is 4. The standard InChI is InChI=1S/C27H34N8O2.C15H19ClN4O.C12H16N4O/c1-32(2)25(36)22-15-18-16-29-27(31-24(18)35(22)19-7-4-3-5-8-19)30-23-11-10-20(17-28-23)34-14-13-33-12-6-9-21(33)26(34)37;1-19(2)14(21)12-8-10-9-17-15(16)18-13(10)20(12)11-6-4-3-5-7-11;13-11-4-3-9(8-14-11)16-7-6-15-5-1-2-10(15)12(16)17/h10-11,15-17,19,21H,3-9,12-14H2,1-2H3,(H,28,29,30,31);8-9,11H,3-7H2,1-2H3;3-4,8,10H,1-2,5-7H2,(H2,13,14). The van der Waals surface area contributed by atoms with Crippen LogP contribution in [0.4, 0.5) is 29.0 Å². The zero-order valence-electron chi connectivity index (χ0n) is 43.6. The molecule has 75 heavy (non-hydrogen) atoms. The molecule has 6 aliphatic rings. The zero-order valence-corrected chi connectivity index (χ0v) is 44.3. The molecule has 6 aromatic rings. The van der Waals surface area contributed by atoms with Crippen LogP contribution >= 0.6 is 11.6 Å². The van der Waals surface area contributed by atoms with Gasteiger partial charge in [0, 0.05) is 89.6 Å². The Morgan fingerprint density at radius 1 is 0.573 bits per heavy atom. The van der Waals surface area contributed by atoms with E-state index in [0.717, 1.165) is 130 Å². The number of hydrogen-bond donors (Lipinski definition) is 2. The van der Waals surface area contributed by atoms with Gasteiger partial charge >= 0.3 is 0 Å². The van der Waals surface area contributed by atoms with Gasteiger partial charge in [0.2, 0.25) is 23.0 Å². The summed E-state index contributed by atoms with van der Waals surface area (Å²) in [4.78, 5) is 88.5. The quantitative estimate of drug-likeness (QED) is 0.143. The molecule has 3 N–H and O–H groups in total. The van der Waals surface area contributed by atoms with Crippen LogP contribution in [0.2, 0.25) is 5.28 Å². The van der Waals surface area contributed by atoms with Gasteiger partial charge in [0.15, 0.2) is 0 Å². The Balaban J connectivity index is 0.000000142. The number of fused-ring (bicyclic) bond motifs is 4. The Morgan fingerprint density at radius 2 is 1.07 bits per heavy atom. The Bertz CT molecular complexity index is 3020. The third-order valence-electron chi connectivity index (χ3n) is 15.7. The van der Waals surface area contributed by atoms with Gasteiger partial charge in [-0.25, -0.2) is 19.9 Å². The normalized spacial score (nSPS) is 20.5. The molecule has 10 heterocycles. The maximum Gasteiger partial charge on any atom is 0.270 e. The number of carbonyl (C=O) groups excluding carboxylic acids is 4. The number of halogens is 1. The molecule has 20 nitrogen and oxygen atoms in total. The van der Waals surface area contributed by atoms with E-state index in [1.807, 2.05) is 40.1 Å². The number of aromatic nitrogens is 8. The number of nitrogens with two attached hydrogens (primary N) is 1. The average Bonchev–Trinajstić information content (AvgIpc) is 4.26. The lowest BCUT2D eigenvalue weighted by molar-refractivity contribution is -0.125. The van der Waals surface area contributed by atoms with Crippen LogP contribution in [0.3, 0.4) is 0 Å². The van der Waals surface area contributed by atoms with Crippen LogP contribution in [-0.4, -0.2) is 162 Å². The molecule has 0 aromatic carbocycles. The Morgan fingerprint density at radius 3 is 1.55 bits per heavy atom. The molecule has 2 aliphatic carbocycles. The van der Waals surface area contributed by atoms with E-state index in [4.69, 9.17) is 22.3 Å². The van der Waals surface area contributed by atoms with Crippen LogP contribution in [-0.2, 0) is 9.59 Å². The molecule has 2 unspecified atom stereocenters. The number of piperazine rings is 2. The summed E-state index contributed by atoms with van der Waals surface area (Å²) in [6.07, 6.45) is 22.5. The number of hydrogen-bond acceptors (Lipinski definition) is 14. The first-order chi connectivity index (χ1) is 36.3. The van der Waals surface area contributed by atoms with Crippen LogP contribution in [0, 0.1) is 0 Å².